The van der Waals surface area contributed by atoms with E-state index in [9.17, 15) is 0 Å². The van der Waals surface area contributed by atoms with Gasteiger partial charge in [0.25, 0.3) is 0 Å². The highest BCUT2D eigenvalue weighted by Gasteiger charge is 2.11. The van der Waals surface area contributed by atoms with E-state index < -0.39 is 0 Å². The molecule has 0 aliphatic carbocycles. The zero-order valence-electron chi connectivity index (χ0n) is 11.5. The Bertz CT molecular complexity index is 817. The van der Waals surface area contributed by atoms with E-state index in [4.69, 9.17) is 17.3 Å². The lowest BCUT2D eigenvalue weighted by atomic mass is 9.98. The molecule has 1 aromatic heterocycles. The fourth-order valence-corrected chi connectivity index (χ4v) is 2.85. The first-order valence-electron chi connectivity index (χ1n) is 6.62. The molecule has 0 aliphatic rings. The van der Waals surface area contributed by atoms with E-state index in [1.54, 1.807) is 0 Å². The minimum absolute atomic E-state index is 0.190. The summed E-state index contributed by atoms with van der Waals surface area (Å²) in [5, 5.41) is 1.78. The third kappa shape index (κ3) is 2.95. The summed E-state index contributed by atoms with van der Waals surface area (Å²) < 4.78 is 0.857. The first-order valence-corrected chi connectivity index (χ1v) is 7.79. The Morgan fingerprint density at radius 1 is 1.05 bits per heavy atom. The predicted octanol–water partition coefficient (Wildman–Crippen LogP) is 5.01. The number of aromatic nitrogens is 1. The highest BCUT2D eigenvalue weighted by molar-refractivity contribution is 9.10. The molecule has 0 amide bonds. The van der Waals surface area contributed by atoms with Crippen LogP contribution >= 0.6 is 27.5 Å². The zero-order valence-corrected chi connectivity index (χ0v) is 13.8. The summed E-state index contributed by atoms with van der Waals surface area (Å²) in [6.45, 7) is 1.99. The van der Waals surface area contributed by atoms with Crippen LogP contribution in [0.1, 0.15) is 22.9 Å². The van der Waals surface area contributed by atoms with E-state index in [1.807, 2.05) is 43.3 Å². The highest BCUT2D eigenvalue weighted by atomic mass is 79.9. The van der Waals surface area contributed by atoms with E-state index in [0.717, 1.165) is 32.2 Å². The molecule has 0 radical (unpaired) electrons. The molecule has 0 aliphatic heterocycles. The van der Waals surface area contributed by atoms with E-state index in [1.165, 1.54) is 0 Å². The lowest BCUT2D eigenvalue weighted by Crippen LogP contribution is -2.11. The molecule has 4 heteroatoms. The smallest absolute Gasteiger partial charge is 0.0705 e. The maximum absolute atomic E-state index is 6.37. The van der Waals surface area contributed by atoms with Gasteiger partial charge in [-0.25, -0.2) is 0 Å². The molecular formula is C17H14BrClN2. The van der Waals surface area contributed by atoms with Crippen LogP contribution in [0.5, 0.6) is 0 Å². The Balaban J connectivity index is 2.02. The fraction of sp³-hybridized carbons (Fsp3) is 0.118. The molecule has 0 spiro atoms. The predicted molar refractivity (Wildman–Crippen MR) is 91.7 cm³/mol. The zero-order chi connectivity index (χ0) is 15.0. The number of aryl methyl sites for hydroxylation is 1. The summed E-state index contributed by atoms with van der Waals surface area (Å²) >= 11 is 9.47. The number of halogens is 2. The Labute approximate surface area is 137 Å². The maximum Gasteiger partial charge on any atom is 0.0705 e. The first-order chi connectivity index (χ1) is 10.0. The second kappa shape index (κ2) is 5.76. The lowest BCUT2D eigenvalue weighted by molar-refractivity contribution is 0.872. The van der Waals surface area contributed by atoms with Gasteiger partial charge < -0.3 is 5.73 Å². The molecule has 0 saturated carbocycles. The van der Waals surface area contributed by atoms with Gasteiger partial charge in [0.2, 0.25) is 0 Å². The summed E-state index contributed by atoms with van der Waals surface area (Å²) in [4.78, 5) is 4.51. The van der Waals surface area contributed by atoms with Crippen molar-refractivity contribution in [2.24, 2.45) is 5.73 Å². The van der Waals surface area contributed by atoms with Crippen molar-refractivity contribution in [2.75, 3.05) is 0 Å². The Hall–Kier alpha value is -1.42. The lowest BCUT2D eigenvalue weighted by Gasteiger charge is -2.14. The van der Waals surface area contributed by atoms with Crippen LogP contribution < -0.4 is 5.73 Å². The maximum atomic E-state index is 6.37. The largest absolute Gasteiger partial charge is 0.320 e. The second-order valence-electron chi connectivity index (χ2n) is 5.06. The molecule has 0 fully saturated rings. The van der Waals surface area contributed by atoms with Gasteiger partial charge in [0.15, 0.2) is 0 Å². The van der Waals surface area contributed by atoms with Gasteiger partial charge in [0.05, 0.1) is 16.6 Å². The molecule has 0 bridgehead atoms. The van der Waals surface area contributed by atoms with Crippen molar-refractivity contribution in [3.05, 3.63) is 74.8 Å². The van der Waals surface area contributed by atoms with Crippen molar-refractivity contribution >= 4 is 38.4 Å². The van der Waals surface area contributed by atoms with Gasteiger partial charge in [0.1, 0.15) is 0 Å². The quantitative estimate of drug-likeness (QED) is 0.697. The van der Waals surface area contributed by atoms with Crippen LogP contribution in [0, 0.1) is 6.92 Å². The van der Waals surface area contributed by atoms with Crippen LogP contribution in [0.2, 0.25) is 5.02 Å². The number of rotatable bonds is 2. The van der Waals surface area contributed by atoms with Gasteiger partial charge in [-0.2, -0.15) is 0 Å². The SMILES string of the molecule is Cc1ccc2cc(C(N)c3ccc(Cl)c(Br)c3)ccc2n1. The standard InChI is InChI=1S/C17H14BrClN2/c1-10-2-3-11-8-12(5-7-16(11)21-10)17(20)13-4-6-15(19)14(18)9-13/h2-9,17H,20H2,1H3. The van der Waals surface area contributed by atoms with Crippen LogP contribution in [-0.4, -0.2) is 4.98 Å². The fourth-order valence-electron chi connectivity index (χ4n) is 2.34. The Kier molecular flexibility index (Phi) is 3.98. The normalized spacial score (nSPS) is 12.6. The number of nitrogens with zero attached hydrogens (tertiary/aromatic N) is 1. The minimum atomic E-state index is -0.190. The van der Waals surface area contributed by atoms with Crippen LogP contribution in [-0.2, 0) is 0 Å². The molecule has 1 unspecified atom stereocenters. The third-order valence-electron chi connectivity index (χ3n) is 3.51. The van der Waals surface area contributed by atoms with Crippen molar-refractivity contribution in [3.8, 4) is 0 Å². The van der Waals surface area contributed by atoms with Crippen molar-refractivity contribution in [3.63, 3.8) is 0 Å². The van der Waals surface area contributed by atoms with Gasteiger partial charge in [-0.1, -0.05) is 29.8 Å². The topological polar surface area (TPSA) is 38.9 Å². The van der Waals surface area contributed by atoms with Crippen molar-refractivity contribution in [1.29, 1.82) is 0 Å². The van der Waals surface area contributed by atoms with Gasteiger partial charge in [-0.3, -0.25) is 4.98 Å². The van der Waals surface area contributed by atoms with Gasteiger partial charge in [-0.05, 0) is 64.3 Å². The second-order valence-corrected chi connectivity index (χ2v) is 6.32. The molecule has 1 atom stereocenters. The molecule has 2 nitrogen and oxygen atoms in total. The molecule has 21 heavy (non-hydrogen) atoms. The van der Waals surface area contributed by atoms with E-state index in [-0.39, 0.29) is 6.04 Å². The van der Waals surface area contributed by atoms with Crippen LogP contribution in [0.4, 0.5) is 0 Å². The molecule has 1 heterocycles. The Morgan fingerprint density at radius 2 is 1.76 bits per heavy atom. The molecule has 3 aromatic rings. The van der Waals surface area contributed by atoms with E-state index in [0.29, 0.717) is 5.02 Å². The number of benzene rings is 2. The average molecular weight is 362 g/mol. The van der Waals surface area contributed by atoms with Crippen LogP contribution in [0.25, 0.3) is 10.9 Å². The van der Waals surface area contributed by atoms with Gasteiger partial charge in [0, 0.05) is 15.6 Å². The third-order valence-corrected chi connectivity index (χ3v) is 4.73. The number of hydrogen-bond acceptors (Lipinski definition) is 2. The molecule has 0 saturated heterocycles. The summed E-state index contributed by atoms with van der Waals surface area (Å²) in [7, 11) is 0. The molecule has 106 valence electrons. The monoisotopic (exact) mass is 360 g/mol. The molecule has 3 rings (SSSR count). The van der Waals surface area contributed by atoms with E-state index in [2.05, 4.69) is 33.0 Å². The number of pyridine rings is 1. The summed E-state index contributed by atoms with van der Waals surface area (Å²) in [5.41, 5.74) is 10.5. The average Bonchev–Trinajstić information content (AvgIpc) is 2.49. The Morgan fingerprint density at radius 3 is 2.52 bits per heavy atom. The highest BCUT2D eigenvalue weighted by Crippen LogP contribution is 2.29. The van der Waals surface area contributed by atoms with E-state index >= 15 is 0 Å². The van der Waals surface area contributed by atoms with Crippen molar-refractivity contribution < 1.29 is 0 Å². The summed E-state index contributed by atoms with van der Waals surface area (Å²) in [6, 6.07) is 15.8. The number of fused-ring (bicyclic) bond motifs is 1. The van der Waals surface area contributed by atoms with Gasteiger partial charge >= 0.3 is 0 Å². The van der Waals surface area contributed by atoms with Crippen molar-refractivity contribution in [1.82, 2.24) is 4.98 Å². The van der Waals surface area contributed by atoms with Crippen LogP contribution in [0.15, 0.2) is 53.0 Å². The van der Waals surface area contributed by atoms with Crippen molar-refractivity contribution in [2.45, 2.75) is 13.0 Å². The summed E-state index contributed by atoms with van der Waals surface area (Å²) in [5.74, 6) is 0. The van der Waals surface area contributed by atoms with Crippen LogP contribution in [0.3, 0.4) is 0 Å². The first kappa shape index (κ1) is 14.5. The number of hydrogen-bond donors (Lipinski definition) is 1. The minimum Gasteiger partial charge on any atom is -0.320 e. The molecule has 2 N–H and O–H groups in total. The summed E-state index contributed by atoms with van der Waals surface area (Å²) in [6.07, 6.45) is 0. The molecular weight excluding hydrogens is 348 g/mol. The number of nitrogens with two attached hydrogens (primary N) is 1. The molecule has 2 aromatic carbocycles. The van der Waals surface area contributed by atoms with Gasteiger partial charge in [-0.15, -0.1) is 0 Å².